The molecular weight excluding hydrogens is 270 g/mol. The number of thiocarbonyl (C=S) groups is 1. The van der Waals surface area contributed by atoms with Crippen LogP contribution in [-0.2, 0) is 0 Å². The molecule has 0 amide bonds. The monoisotopic (exact) mass is 283 g/mol. The summed E-state index contributed by atoms with van der Waals surface area (Å²) in [4.78, 5) is 8.91. The second kappa shape index (κ2) is 5.75. The van der Waals surface area contributed by atoms with Crippen LogP contribution in [0.15, 0.2) is 48.0 Å². The summed E-state index contributed by atoms with van der Waals surface area (Å²) < 4.78 is 0. The molecular formula is C14H13N5S. The molecule has 1 aliphatic rings. The van der Waals surface area contributed by atoms with Crippen molar-refractivity contribution in [1.82, 2.24) is 15.4 Å². The number of nitrogens with one attached hydrogen (secondary N) is 2. The minimum Gasteiger partial charge on any atom is -0.383 e. The quantitative estimate of drug-likeness (QED) is 0.651. The van der Waals surface area contributed by atoms with Crippen molar-refractivity contribution >= 4 is 28.6 Å². The van der Waals surface area contributed by atoms with Crippen LogP contribution in [-0.4, -0.2) is 27.2 Å². The van der Waals surface area contributed by atoms with Crippen molar-refractivity contribution < 1.29 is 0 Å². The second-order valence-corrected chi connectivity index (χ2v) is 4.72. The third-order valence-electron chi connectivity index (χ3n) is 2.99. The highest BCUT2D eigenvalue weighted by Gasteiger charge is 2.16. The van der Waals surface area contributed by atoms with Gasteiger partial charge in [0.1, 0.15) is 10.7 Å². The molecule has 20 heavy (non-hydrogen) atoms. The number of hydrogen-bond donors (Lipinski definition) is 2. The average molecular weight is 283 g/mol. The largest absolute Gasteiger partial charge is 0.383 e. The third-order valence-corrected chi connectivity index (χ3v) is 3.32. The molecule has 3 heterocycles. The van der Waals surface area contributed by atoms with Gasteiger partial charge in [0.15, 0.2) is 0 Å². The molecule has 0 aromatic carbocycles. The second-order valence-electron chi connectivity index (χ2n) is 4.31. The lowest BCUT2D eigenvalue weighted by Crippen LogP contribution is -2.24. The van der Waals surface area contributed by atoms with Gasteiger partial charge in [0.2, 0.25) is 0 Å². The molecule has 100 valence electrons. The molecule has 0 aliphatic carbocycles. The van der Waals surface area contributed by atoms with Crippen LogP contribution >= 0.6 is 12.2 Å². The molecule has 0 atom stereocenters. The first-order valence-electron chi connectivity index (χ1n) is 6.31. The smallest absolute Gasteiger partial charge is 0.126 e. The Kier molecular flexibility index (Phi) is 3.64. The number of hydrogen-bond acceptors (Lipinski definition) is 5. The molecule has 5 nitrogen and oxygen atoms in total. The van der Waals surface area contributed by atoms with Crippen LogP contribution < -0.4 is 10.7 Å². The van der Waals surface area contributed by atoms with Crippen LogP contribution in [0, 0.1) is 0 Å². The number of rotatable bonds is 2. The maximum atomic E-state index is 5.31. The van der Waals surface area contributed by atoms with Crippen molar-refractivity contribution in [3.05, 3.63) is 54.1 Å². The van der Waals surface area contributed by atoms with E-state index in [1.54, 1.807) is 18.6 Å². The van der Waals surface area contributed by atoms with E-state index in [-0.39, 0.29) is 0 Å². The van der Waals surface area contributed by atoms with E-state index in [1.165, 1.54) is 0 Å². The fraction of sp³-hybridized carbons (Fsp3) is 0.143. The summed E-state index contributed by atoms with van der Waals surface area (Å²) in [5.41, 5.74) is 6.63. The number of hydrazone groups is 1. The summed E-state index contributed by atoms with van der Waals surface area (Å²) in [6.07, 6.45) is 5.99. The lowest BCUT2D eigenvalue weighted by atomic mass is 10.1. The summed E-state index contributed by atoms with van der Waals surface area (Å²) in [7, 11) is 0. The Morgan fingerprint density at radius 3 is 2.95 bits per heavy atom. The molecule has 2 aromatic heterocycles. The molecule has 1 aliphatic heterocycles. The van der Waals surface area contributed by atoms with Gasteiger partial charge in [0, 0.05) is 37.1 Å². The number of pyridine rings is 2. The topological polar surface area (TPSA) is 62.2 Å². The van der Waals surface area contributed by atoms with Crippen LogP contribution in [0.3, 0.4) is 0 Å². The molecule has 0 spiro atoms. The maximum Gasteiger partial charge on any atom is 0.126 e. The summed E-state index contributed by atoms with van der Waals surface area (Å²) in [6.45, 7) is 0.848. The lowest BCUT2D eigenvalue weighted by molar-refractivity contribution is 0.978. The molecule has 3 rings (SSSR count). The van der Waals surface area contributed by atoms with Gasteiger partial charge in [-0.3, -0.25) is 15.4 Å². The molecule has 2 aromatic rings. The van der Waals surface area contributed by atoms with Crippen molar-refractivity contribution in [2.75, 3.05) is 11.9 Å². The van der Waals surface area contributed by atoms with Crippen molar-refractivity contribution in [3.8, 4) is 0 Å². The SMILES string of the molecule is S=C(N/N=C1/CCNc2cccnc21)c1ccncc1. The Bertz CT molecular complexity index is 654. The van der Waals surface area contributed by atoms with E-state index >= 15 is 0 Å². The van der Waals surface area contributed by atoms with E-state index in [4.69, 9.17) is 12.2 Å². The Morgan fingerprint density at radius 2 is 2.10 bits per heavy atom. The highest BCUT2D eigenvalue weighted by Crippen LogP contribution is 2.18. The van der Waals surface area contributed by atoms with Gasteiger partial charge in [-0.15, -0.1) is 0 Å². The van der Waals surface area contributed by atoms with Crippen LogP contribution in [0.2, 0.25) is 0 Å². The van der Waals surface area contributed by atoms with E-state index in [0.29, 0.717) is 4.99 Å². The van der Waals surface area contributed by atoms with Crippen LogP contribution in [0.25, 0.3) is 0 Å². The molecule has 0 fully saturated rings. The van der Waals surface area contributed by atoms with Gasteiger partial charge in [-0.2, -0.15) is 5.10 Å². The Labute approximate surface area is 122 Å². The van der Waals surface area contributed by atoms with Crippen LogP contribution in [0.4, 0.5) is 5.69 Å². The molecule has 6 heteroatoms. The predicted molar refractivity (Wildman–Crippen MR) is 83.0 cm³/mol. The fourth-order valence-corrected chi connectivity index (χ4v) is 2.19. The first-order valence-corrected chi connectivity index (χ1v) is 6.71. The molecule has 0 bridgehead atoms. The molecule has 2 N–H and O–H groups in total. The number of fused-ring (bicyclic) bond motifs is 1. The summed E-state index contributed by atoms with van der Waals surface area (Å²) >= 11 is 5.31. The fourth-order valence-electron chi connectivity index (χ4n) is 2.01. The maximum absolute atomic E-state index is 5.31. The first kappa shape index (κ1) is 12.7. The molecule has 0 saturated carbocycles. The number of aromatic nitrogens is 2. The van der Waals surface area contributed by atoms with Gasteiger partial charge in [0.25, 0.3) is 0 Å². The van der Waals surface area contributed by atoms with Crippen molar-refractivity contribution in [1.29, 1.82) is 0 Å². The zero-order valence-electron chi connectivity index (χ0n) is 10.7. The Hall–Kier alpha value is -2.34. The van der Waals surface area contributed by atoms with Crippen LogP contribution in [0.5, 0.6) is 0 Å². The summed E-state index contributed by atoms with van der Waals surface area (Å²) in [6, 6.07) is 7.61. The third kappa shape index (κ3) is 2.65. The van der Waals surface area contributed by atoms with Gasteiger partial charge >= 0.3 is 0 Å². The lowest BCUT2D eigenvalue weighted by Gasteiger charge is -2.18. The highest BCUT2D eigenvalue weighted by molar-refractivity contribution is 7.80. The van der Waals surface area contributed by atoms with E-state index in [1.807, 2.05) is 24.3 Å². The van der Waals surface area contributed by atoms with Gasteiger partial charge < -0.3 is 5.32 Å². The van der Waals surface area contributed by atoms with Gasteiger partial charge in [-0.05, 0) is 24.3 Å². The minimum atomic E-state index is 0.580. The Morgan fingerprint density at radius 1 is 1.25 bits per heavy atom. The predicted octanol–water partition coefficient (Wildman–Crippen LogP) is 1.96. The van der Waals surface area contributed by atoms with Crippen molar-refractivity contribution in [2.24, 2.45) is 5.10 Å². The standard InChI is InChI=1S/C14H13N5S/c20-14(10-3-7-15-8-4-10)19-18-12-5-9-16-11-2-1-6-17-13(11)12/h1-4,6-8,16H,5,9H2,(H,19,20)/b18-12-. The zero-order valence-corrected chi connectivity index (χ0v) is 11.5. The highest BCUT2D eigenvalue weighted by atomic mass is 32.1. The van der Waals surface area contributed by atoms with Crippen LogP contribution in [0.1, 0.15) is 17.7 Å². The summed E-state index contributed by atoms with van der Waals surface area (Å²) in [5.74, 6) is 0. The normalized spacial score (nSPS) is 15.3. The summed E-state index contributed by atoms with van der Waals surface area (Å²) in [5, 5.41) is 7.70. The molecule has 0 saturated heterocycles. The number of nitrogens with zero attached hydrogens (tertiary/aromatic N) is 3. The average Bonchev–Trinajstić information content (AvgIpc) is 2.53. The van der Waals surface area contributed by atoms with Crippen molar-refractivity contribution in [3.63, 3.8) is 0 Å². The zero-order chi connectivity index (χ0) is 13.8. The van der Waals surface area contributed by atoms with Gasteiger partial charge in [0.05, 0.1) is 11.4 Å². The Balaban J connectivity index is 1.79. The van der Waals surface area contributed by atoms with Gasteiger partial charge in [-0.1, -0.05) is 12.2 Å². The minimum absolute atomic E-state index is 0.580. The first-order chi connectivity index (χ1) is 9.84. The molecule has 0 unspecified atom stereocenters. The van der Waals surface area contributed by atoms with Crippen molar-refractivity contribution in [2.45, 2.75) is 6.42 Å². The van der Waals surface area contributed by atoms with E-state index in [9.17, 15) is 0 Å². The van der Waals surface area contributed by atoms with E-state index in [2.05, 4.69) is 25.8 Å². The molecule has 0 radical (unpaired) electrons. The van der Waals surface area contributed by atoms with Gasteiger partial charge in [-0.25, -0.2) is 0 Å². The van der Waals surface area contributed by atoms with E-state index in [0.717, 1.165) is 35.6 Å². The van der Waals surface area contributed by atoms with E-state index < -0.39 is 0 Å². The number of anilines is 1.